The van der Waals surface area contributed by atoms with Crippen LogP contribution in [0.5, 0.6) is 11.5 Å². The van der Waals surface area contributed by atoms with E-state index in [9.17, 15) is 9.18 Å². The van der Waals surface area contributed by atoms with Gasteiger partial charge in [0.1, 0.15) is 17.3 Å². The Morgan fingerprint density at radius 1 is 1.12 bits per heavy atom. The Hall–Kier alpha value is -2.27. The summed E-state index contributed by atoms with van der Waals surface area (Å²) in [5.41, 5.74) is 0.399. The maximum atomic E-state index is 12.9. The highest BCUT2D eigenvalue weighted by atomic mass is 35.5. The minimum atomic E-state index is -0.443. The highest BCUT2D eigenvalue weighted by molar-refractivity contribution is 6.33. The van der Waals surface area contributed by atoms with Gasteiger partial charge in [-0.25, -0.2) is 4.39 Å². The minimum Gasteiger partial charge on any atom is -0.494 e. The van der Waals surface area contributed by atoms with Crippen molar-refractivity contribution in [2.45, 2.75) is 19.8 Å². The molecule has 0 aliphatic heterocycles. The van der Waals surface area contributed by atoms with Gasteiger partial charge in [0.25, 0.3) is 0 Å². The van der Waals surface area contributed by atoms with Gasteiger partial charge in [0.05, 0.1) is 23.9 Å². The summed E-state index contributed by atoms with van der Waals surface area (Å²) in [4.78, 5) is 11.8. The van der Waals surface area contributed by atoms with Gasteiger partial charge in [-0.3, -0.25) is 4.79 Å². The summed E-state index contributed by atoms with van der Waals surface area (Å²) in [5.74, 6) is 0.876. The van der Waals surface area contributed by atoms with Gasteiger partial charge in [-0.2, -0.15) is 0 Å². The van der Waals surface area contributed by atoms with Crippen molar-refractivity contribution >= 4 is 23.2 Å². The Bertz CT molecular complexity index is 676. The molecule has 0 aromatic heterocycles. The van der Waals surface area contributed by atoms with Crippen molar-refractivity contribution in [1.82, 2.24) is 0 Å². The number of rotatable bonds is 8. The summed E-state index contributed by atoms with van der Waals surface area (Å²) >= 11 is 5.86. The van der Waals surface area contributed by atoms with Gasteiger partial charge < -0.3 is 14.8 Å². The van der Waals surface area contributed by atoms with E-state index in [2.05, 4.69) is 5.32 Å². The Morgan fingerprint density at radius 2 is 1.79 bits per heavy atom. The van der Waals surface area contributed by atoms with E-state index >= 15 is 0 Å². The first-order valence-corrected chi connectivity index (χ1v) is 8.07. The van der Waals surface area contributed by atoms with E-state index in [1.54, 1.807) is 0 Å². The van der Waals surface area contributed by atoms with E-state index in [1.165, 1.54) is 12.1 Å². The number of nitrogens with one attached hydrogen (secondary N) is 1. The van der Waals surface area contributed by atoms with Crippen LogP contribution in [0.1, 0.15) is 19.8 Å². The largest absolute Gasteiger partial charge is 0.494 e. The van der Waals surface area contributed by atoms with E-state index < -0.39 is 5.82 Å². The quantitative estimate of drug-likeness (QED) is 0.703. The Balaban J connectivity index is 1.70. The zero-order valence-electron chi connectivity index (χ0n) is 13.4. The highest BCUT2D eigenvalue weighted by Gasteiger charge is 2.07. The number of hydrogen-bond acceptors (Lipinski definition) is 3. The number of halogens is 2. The lowest BCUT2D eigenvalue weighted by atomic mass is 10.2. The molecule has 6 heteroatoms. The number of anilines is 1. The molecule has 0 heterocycles. The van der Waals surface area contributed by atoms with Crippen molar-refractivity contribution in [3.63, 3.8) is 0 Å². The van der Waals surface area contributed by atoms with Gasteiger partial charge in [-0.1, -0.05) is 11.6 Å². The van der Waals surface area contributed by atoms with Gasteiger partial charge in [0, 0.05) is 6.42 Å². The molecule has 4 nitrogen and oxygen atoms in total. The second-order valence-corrected chi connectivity index (χ2v) is 5.44. The Kier molecular flexibility index (Phi) is 6.88. The summed E-state index contributed by atoms with van der Waals surface area (Å²) in [6.45, 7) is 2.96. The summed E-state index contributed by atoms with van der Waals surface area (Å²) in [5, 5.41) is 2.82. The molecule has 2 aromatic rings. The highest BCUT2D eigenvalue weighted by Crippen LogP contribution is 2.22. The number of ether oxygens (including phenoxy) is 2. The first kappa shape index (κ1) is 18.1. The minimum absolute atomic E-state index is 0.175. The van der Waals surface area contributed by atoms with Crippen molar-refractivity contribution in [2.75, 3.05) is 18.5 Å². The Morgan fingerprint density at radius 3 is 2.42 bits per heavy atom. The SMILES string of the molecule is CCOc1ccc(OCCCC(=O)Nc2ccc(F)cc2Cl)cc1. The lowest BCUT2D eigenvalue weighted by Gasteiger charge is -2.09. The normalized spacial score (nSPS) is 10.3. The van der Waals surface area contributed by atoms with Crippen molar-refractivity contribution in [3.8, 4) is 11.5 Å². The summed E-state index contributed by atoms with van der Waals surface area (Å²) in [6, 6.07) is 11.2. The van der Waals surface area contributed by atoms with Crippen molar-refractivity contribution in [1.29, 1.82) is 0 Å². The molecule has 1 N–H and O–H groups in total. The van der Waals surface area contributed by atoms with Gasteiger partial charge in [-0.15, -0.1) is 0 Å². The van der Waals surface area contributed by atoms with Crippen LogP contribution in [0.15, 0.2) is 42.5 Å². The molecule has 1 amide bonds. The van der Waals surface area contributed by atoms with Crippen LogP contribution in [0.4, 0.5) is 10.1 Å². The molecule has 0 fully saturated rings. The van der Waals surface area contributed by atoms with E-state index in [0.717, 1.165) is 17.6 Å². The third kappa shape index (κ3) is 5.74. The Labute approximate surface area is 145 Å². The molecule has 0 saturated heterocycles. The average molecular weight is 352 g/mol. The predicted octanol–water partition coefficient (Wildman–Crippen LogP) is 4.68. The van der Waals surface area contributed by atoms with Crippen LogP contribution in [0.25, 0.3) is 0 Å². The lowest BCUT2D eigenvalue weighted by Crippen LogP contribution is -2.13. The van der Waals surface area contributed by atoms with Crippen molar-refractivity contribution in [3.05, 3.63) is 53.3 Å². The molecule has 24 heavy (non-hydrogen) atoms. The van der Waals surface area contributed by atoms with Crippen LogP contribution in [0.3, 0.4) is 0 Å². The molecule has 0 saturated carbocycles. The second-order valence-electron chi connectivity index (χ2n) is 5.03. The first-order valence-electron chi connectivity index (χ1n) is 7.69. The molecule has 2 aromatic carbocycles. The molecule has 2 rings (SSSR count). The second kappa shape index (κ2) is 9.13. The van der Waals surface area contributed by atoms with E-state index in [-0.39, 0.29) is 17.4 Å². The van der Waals surface area contributed by atoms with E-state index in [0.29, 0.717) is 25.3 Å². The molecule has 0 radical (unpaired) electrons. The summed E-state index contributed by atoms with van der Waals surface area (Å²) in [7, 11) is 0. The number of carbonyl (C=O) groups is 1. The van der Waals surface area contributed by atoms with E-state index in [1.807, 2.05) is 31.2 Å². The van der Waals surface area contributed by atoms with Crippen LogP contribution >= 0.6 is 11.6 Å². The van der Waals surface area contributed by atoms with Crippen LogP contribution < -0.4 is 14.8 Å². The number of carbonyl (C=O) groups excluding carboxylic acids is 1. The number of hydrogen-bond donors (Lipinski definition) is 1. The molecule has 128 valence electrons. The number of amides is 1. The van der Waals surface area contributed by atoms with Gasteiger partial charge >= 0.3 is 0 Å². The molecule has 0 spiro atoms. The van der Waals surface area contributed by atoms with Gasteiger partial charge in [0.2, 0.25) is 5.91 Å². The summed E-state index contributed by atoms with van der Waals surface area (Å²) in [6.07, 6.45) is 0.836. The van der Waals surface area contributed by atoms with Gasteiger partial charge in [-0.05, 0) is 55.8 Å². The van der Waals surface area contributed by atoms with E-state index in [4.69, 9.17) is 21.1 Å². The molecule has 0 bridgehead atoms. The molecule has 0 aliphatic rings. The van der Waals surface area contributed by atoms with Crippen molar-refractivity contribution < 1.29 is 18.7 Å². The fourth-order valence-corrected chi connectivity index (χ4v) is 2.24. The molecule has 0 unspecified atom stereocenters. The monoisotopic (exact) mass is 351 g/mol. The molecular weight excluding hydrogens is 333 g/mol. The maximum absolute atomic E-state index is 12.9. The molecule has 0 atom stereocenters. The third-order valence-electron chi connectivity index (χ3n) is 3.16. The molecule has 0 aliphatic carbocycles. The first-order chi connectivity index (χ1) is 11.6. The van der Waals surface area contributed by atoms with Crippen LogP contribution in [-0.4, -0.2) is 19.1 Å². The van der Waals surface area contributed by atoms with Crippen molar-refractivity contribution in [2.24, 2.45) is 0 Å². The maximum Gasteiger partial charge on any atom is 0.224 e. The number of benzene rings is 2. The fraction of sp³-hybridized carbons (Fsp3) is 0.278. The van der Waals surface area contributed by atoms with Crippen LogP contribution in [-0.2, 0) is 4.79 Å². The zero-order valence-corrected chi connectivity index (χ0v) is 14.1. The smallest absolute Gasteiger partial charge is 0.224 e. The molecular formula is C18H19ClFNO3. The van der Waals surface area contributed by atoms with Gasteiger partial charge in [0.15, 0.2) is 0 Å². The standard InChI is InChI=1S/C18H19ClFNO3/c1-2-23-14-6-8-15(9-7-14)24-11-3-4-18(22)21-17-10-5-13(20)12-16(17)19/h5-10,12H,2-4,11H2,1H3,(H,21,22). The fourth-order valence-electron chi connectivity index (χ4n) is 2.03. The summed E-state index contributed by atoms with van der Waals surface area (Å²) < 4.78 is 23.9. The lowest BCUT2D eigenvalue weighted by molar-refractivity contribution is -0.116. The van der Waals surface area contributed by atoms with Crippen LogP contribution in [0.2, 0.25) is 5.02 Å². The zero-order chi connectivity index (χ0) is 17.4. The third-order valence-corrected chi connectivity index (χ3v) is 3.47. The predicted molar refractivity (Wildman–Crippen MR) is 92.4 cm³/mol. The topological polar surface area (TPSA) is 47.6 Å². The average Bonchev–Trinajstić information content (AvgIpc) is 2.56. The van der Waals surface area contributed by atoms with Crippen LogP contribution in [0, 0.1) is 5.82 Å².